The summed E-state index contributed by atoms with van der Waals surface area (Å²) in [6, 6.07) is 22.4. The van der Waals surface area contributed by atoms with Gasteiger partial charge in [-0.3, -0.25) is 13.9 Å². The van der Waals surface area contributed by atoms with Crippen molar-refractivity contribution in [3.8, 4) is 0 Å². The van der Waals surface area contributed by atoms with E-state index >= 15 is 0 Å². The van der Waals surface area contributed by atoms with E-state index in [0.717, 1.165) is 16.3 Å². The Balaban J connectivity index is 1.74. The first-order valence-electron chi connectivity index (χ1n) is 10.7. The molecule has 0 aromatic heterocycles. The molecule has 3 aromatic rings. The van der Waals surface area contributed by atoms with Gasteiger partial charge in [0, 0.05) is 17.6 Å². The van der Waals surface area contributed by atoms with Gasteiger partial charge in [0.05, 0.1) is 24.1 Å². The van der Waals surface area contributed by atoms with Gasteiger partial charge in [-0.2, -0.15) is 0 Å². The summed E-state index contributed by atoms with van der Waals surface area (Å²) in [5, 5.41) is 2.94. The van der Waals surface area contributed by atoms with Crippen LogP contribution >= 0.6 is 15.9 Å². The van der Waals surface area contributed by atoms with Gasteiger partial charge in [-0.05, 0) is 35.4 Å². The summed E-state index contributed by atoms with van der Waals surface area (Å²) in [7, 11) is -3.63. The van der Waals surface area contributed by atoms with Gasteiger partial charge < -0.3 is 10.2 Å². The summed E-state index contributed by atoms with van der Waals surface area (Å²) >= 11 is 3.45. The van der Waals surface area contributed by atoms with Crippen molar-refractivity contribution in [1.82, 2.24) is 10.2 Å². The normalized spacial score (nSPS) is 14.8. The van der Waals surface area contributed by atoms with E-state index in [-0.39, 0.29) is 24.6 Å². The van der Waals surface area contributed by atoms with Crippen molar-refractivity contribution >= 4 is 43.5 Å². The number of halogens is 1. The fourth-order valence-corrected chi connectivity index (χ4v) is 5.42. The van der Waals surface area contributed by atoms with Gasteiger partial charge in [-0.25, -0.2) is 8.42 Å². The third kappa shape index (κ3) is 5.15. The van der Waals surface area contributed by atoms with Crippen molar-refractivity contribution in [3.63, 3.8) is 0 Å². The molecule has 0 radical (unpaired) electrons. The molecule has 2 amide bonds. The molecule has 1 atom stereocenters. The highest BCUT2D eigenvalue weighted by Gasteiger charge is 2.37. The van der Waals surface area contributed by atoms with Crippen LogP contribution in [0.3, 0.4) is 0 Å². The fraction of sp³-hybridized carbons (Fsp3) is 0.200. The van der Waals surface area contributed by atoms with Crippen LogP contribution in [0.2, 0.25) is 0 Å². The molecule has 0 bridgehead atoms. The smallest absolute Gasteiger partial charge is 0.257 e. The molecular weight excluding hydrogens is 518 g/mol. The summed E-state index contributed by atoms with van der Waals surface area (Å²) < 4.78 is 27.0. The molecule has 9 heteroatoms. The largest absolute Gasteiger partial charge is 0.350 e. The third-order valence-electron chi connectivity index (χ3n) is 5.64. The molecule has 0 saturated heterocycles. The maximum Gasteiger partial charge on any atom is 0.257 e. The molecule has 1 N–H and O–H groups in total. The number of fused-ring (bicyclic) bond motifs is 1. The molecule has 7 nitrogen and oxygen atoms in total. The van der Waals surface area contributed by atoms with Crippen LogP contribution in [0.1, 0.15) is 27.5 Å². The molecule has 0 spiro atoms. The predicted octanol–water partition coefficient (Wildman–Crippen LogP) is 3.73. The summed E-state index contributed by atoms with van der Waals surface area (Å²) in [5.74, 6) is -0.748. The Bertz CT molecular complexity index is 1310. The monoisotopic (exact) mass is 541 g/mol. The Morgan fingerprint density at radius 1 is 1.00 bits per heavy atom. The van der Waals surface area contributed by atoms with Crippen LogP contribution in [0.15, 0.2) is 83.3 Å². The highest BCUT2D eigenvalue weighted by molar-refractivity contribution is 9.10. The quantitative estimate of drug-likeness (QED) is 0.515. The van der Waals surface area contributed by atoms with Gasteiger partial charge >= 0.3 is 0 Å². The molecule has 4 rings (SSSR count). The van der Waals surface area contributed by atoms with Crippen molar-refractivity contribution in [1.29, 1.82) is 0 Å². The number of anilines is 1. The molecule has 34 heavy (non-hydrogen) atoms. The Labute approximate surface area is 207 Å². The van der Waals surface area contributed by atoms with Crippen LogP contribution in [0.25, 0.3) is 0 Å². The van der Waals surface area contributed by atoms with Crippen LogP contribution in [0, 0.1) is 0 Å². The lowest BCUT2D eigenvalue weighted by Crippen LogP contribution is -2.45. The van der Waals surface area contributed by atoms with Crippen LogP contribution in [-0.2, 0) is 21.4 Å². The number of carbonyl (C=O) groups is 2. The van der Waals surface area contributed by atoms with Crippen molar-refractivity contribution in [2.75, 3.05) is 23.7 Å². The summed E-state index contributed by atoms with van der Waals surface area (Å²) in [4.78, 5) is 28.7. The SMILES string of the molecule is CS(=O)(=O)N1CCN(C(C(=O)NCc2ccccc2)c2cccc(Br)c2)C(=O)c2ccccc21. The molecule has 0 aliphatic carbocycles. The van der Waals surface area contributed by atoms with Gasteiger partial charge in [0.25, 0.3) is 5.91 Å². The number of sulfonamides is 1. The molecule has 1 heterocycles. The molecule has 0 fully saturated rings. The van der Waals surface area contributed by atoms with Crippen molar-refractivity contribution in [2.45, 2.75) is 12.6 Å². The molecule has 176 valence electrons. The van der Waals surface area contributed by atoms with Gasteiger partial charge in [-0.15, -0.1) is 0 Å². The van der Waals surface area contributed by atoms with E-state index in [9.17, 15) is 18.0 Å². The van der Waals surface area contributed by atoms with E-state index in [2.05, 4.69) is 21.2 Å². The number of hydrogen-bond donors (Lipinski definition) is 1. The minimum absolute atomic E-state index is 0.0397. The van der Waals surface area contributed by atoms with Crippen LogP contribution in [0.4, 0.5) is 5.69 Å². The van der Waals surface area contributed by atoms with Crippen molar-refractivity contribution in [2.24, 2.45) is 0 Å². The second-order valence-corrected chi connectivity index (χ2v) is 10.8. The maximum absolute atomic E-state index is 13.7. The van der Waals surface area contributed by atoms with E-state index in [1.165, 1.54) is 9.21 Å². The number of nitrogens with zero attached hydrogens (tertiary/aromatic N) is 2. The van der Waals surface area contributed by atoms with Gasteiger partial charge in [0.2, 0.25) is 15.9 Å². The van der Waals surface area contributed by atoms with Crippen LogP contribution < -0.4 is 9.62 Å². The van der Waals surface area contributed by atoms with Gasteiger partial charge in [0.1, 0.15) is 6.04 Å². The number of nitrogens with one attached hydrogen (secondary N) is 1. The molecule has 1 aliphatic heterocycles. The lowest BCUT2D eigenvalue weighted by molar-refractivity contribution is -0.126. The second-order valence-electron chi connectivity index (χ2n) is 8.01. The Morgan fingerprint density at radius 2 is 1.71 bits per heavy atom. The minimum atomic E-state index is -3.63. The number of rotatable bonds is 6. The lowest BCUT2D eigenvalue weighted by Gasteiger charge is -2.30. The maximum atomic E-state index is 13.7. The van der Waals surface area contributed by atoms with Gasteiger partial charge in [-0.1, -0.05) is 70.5 Å². The molecular formula is C25H24BrN3O4S. The number of benzene rings is 3. The van der Waals surface area contributed by atoms with Crippen molar-refractivity contribution < 1.29 is 18.0 Å². The zero-order valence-corrected chi connectivity index (χ0v) is 20.9. The summed E-state index contributed by atoms with van der Waals surface area (Å²) in [5.41, 5.74) is 2.11. The topological polar surface area (TPSA) is 86.8 Å². The Morgan fingerprint density at radius 3 is 2.41 bits per heavy atom. The summed E-state index contributed by atoms with van der Waals surface area (Å²) in [6.07, 6.45) is 1.11. The zero-order valence-electron chi connectivity index (χ0n) is 18.5. The van der Waals surface area contributed by atoms with Gasteiger partial charge in [0.15, 0.2) is 0 Å². The van der Waals surface area contributed by atoms with E-state index in [1.807, 2.05) is 36.4 Å². The molecule has 0 saturated carbocycles. The number of hydrogen-bond acceptors (Lipinski definition) is 4. The standard InChI is InChI=1S/C25H24BrN3O4S/c1-34(32,33)29-15-14-28(25(31)21-12-5-6-13-22(21)29)23(19-10-7-11-20(26)16-19)24(30)27-17-18-8-3-2-4-9-18/h2-13,16,23H,14-15,17H2,1H3,(H,27,30). The third-order valence-corrected chi connectivity index (χ3v) is 7.32. The van der Waals surface area contributed by atoms with Crippen LogP contribution in [0.5, 0.6) is 0 Å². The molecule has 1 aliphatic rings. The highest BCUT2D eigenvalue weighted by atomic mass is 79.9. The Kier molecular flexibility index (Phi) is 7.04. The van der Waals surface area contributed by atoms with E-state index in [4.69, 9.17) is 0 Å². The number of para-hydroxylation sites is 1. The Hall–Kier alpha value is -3.17. The fourth-order valence-electron chi connectivity index (χ4n) is 4.07. The molecule has 1 unspecified atom stereocenters. The van der Waals surface area contributed by atoms with E-state index in [1.54, 1.807) is 42.5 Å². The highest BCUT2D eigenvalue weighted by Crippen LogP contribution is 2.32. The minimum Gasteiger partial charge on any atom is -0.350 e. The first-order chi connectivity index (χ1) is 16.3. The number of amides is 2. The average molecular weight is 542 g/mol. The zero-order chi connectivity index (χ0) is 24.3. The van der Waals surface area contributed by atoms with E-state index < -0.39 is 22.0 Å². The second kappa shape index (κ2) is 9.99. The first-order valence-corrected chi connectivity index (χ1v) is 13.3. The summed E-state index contributed by atoms with van der Waals surface area (Å²) in [6.45, 7) is 0.396. The predicted molar refractivity (Wildman–Crippen MR) is 135 cm³/mol. The van der Waals surface area contributed by atoms with Crippen molar-refractivity contribution in [3.05, 3.63) is 100 Å². The molecule has 3 aromatic carbocycles. The van der Waals surface area contributed by atoms with E-state index in [0.29, 0.717) is 17.8 Å². The lowest BCUT2D eigenvalue weighted by atomic mass is 10.0. The number of carbonyl (C=O) groups excluding carboxylic acids is 2. The average Bonchev–Trinajstić information content (AvgIpc) is 2.96. The van der Waals surface area contributed by atoms with Crippen LogP contribution in [-0.4, -0.2) is 44.5 Å². The first kappa shape index (κ1) is 24.0.